The lowest BCUT2D eigenvalue weighted by molar-refractivity contribution is -0.257. The predicted octanol–water partition coefficient (Wildman–Crippen LogP) is 0.919. The highest BCUT2D eigenvalue weighted by molar-refractivity contribution is 5.67. The van der Waals surface area contributed by atoms with Gasteiger partial charge in [-0.1, -0.05) is 6.42 Å². The number of rotatable bonds is 4. The third-order valence-corrected chi connectivity index (χ3v) is 0.789. The molecule has 68 valence electrons. The van der Waals surface area contributed by atoms with E-state index in [1.54, 1.807) is 13.8 Å². The molecule has 0 saturated carbocycles. The summed E-state index contributed by atoms with van der Waals surface area (Å²) in [6.45, 7) is 3.91. The van der Waals surface area contributed by atoms with E-state index in [0.29, 0.717) is 5.06 Å². The Labute approximate surface area is 71.1 Å². The average molecular weight is 173 g/mol. The smallest absolute Gasteiger partial charge is 0.273 e. The van der Waals surface area contributed by atoms with Crippen LogP contribution in [0.5, 0.6) is 0 Å². The molecule has 0 aromatic heterocycles. The van der Waals surface area contributed by atoms with Crippen LogP contribution in [0.2, 0.25) is 0 Å². The van der Waals surface area contributed by atoms with Crippen LogP contribution in [0.4, 0.5) is 4.79 Å². The Morgan fingerprint density at radius 3 is 2.58 bits per heavy atom. The number of hydroxylamine groups is 2. The van der Waals surface area contributed by atoms with E-state index in [1.807, 2.05) is 6.04 Å². The van der Waals surface area contributed by atoms with Crippen LogP contribution in [0, 0.1) is 12.5 Å². The molecule has 0 fully saturated rings. The van der Waals surface area contributed by atoms with E-state index in [9.17, 15) is 4.79 Å². The SMILES string of the molecule is C#CN(OCC)C(=O)OOCC. The second-order valence-electron chi connectivity index (χ2n) is 1.60. The summed E-state index contributed by atoms with van der Waals surface area (Å²) < 4.78 is 0. The summed E-state index contributed by atoms with van der Waals surface area (Å²) >= 11 is 0. The molecular formula is C7H11NO4. The number of amides is 1. The molecule has 5 nitrogen and oxygen atoms in total. The van der Waals surface area contributed by atoms with E-state index in [2.05, 4.69) is 9.78 Å². The Morgan fingerprint density at radius 1 is 1.50 bits per heavy atom. The number of nitrogens with zero attached hydrogens (tertiary/aromatic N) is 1. The first-order chi connectivity index (χ1) is 5.76. The maximum absolute atomic E-state index is 10.8. The molecule has 0 aliphatic heterocycles. The second-order valence-corrected chi connectivity index (χ2v) is 1.60. The first-order valence-corrected chi connectivity index (χ1v) is 3.48. The summed E-state index contributed by atoms with van der Waals surface area (Å²) in [5.41, 5.74) is 0. The van der Waals surface area contributed by atoms with E-state index < -0.39 is 6.09 Å². The number of carbonyl (C=O) groups is 1. The van der Waals surface area contributed by atoms with Gasteiger partial charge in [0.15, 0.2) is 0 Å². The van der Waals surface area contributed by atoms with Gasteiger partial charge in [0.1, 0.15) is 0 Å². The standard InChI is InChI=1S/C7H11NO4/c1-4-8(10-5-2)7(9)12-11-6-3/h1H,5-6H2,2-3H3. The topological polar surface area (TPSA) is 48.0 Å². The fourth-order valence-electron chi connectivity index (χ4n) is 0.415. The molecule has 0 bridgehead atoms. The molecule has 0 saturated heterocycles. The van der Waals surface area contributed by atoms with Crippen LogP contribution in [0.15, 0.2) is 0 Å². The largest absolute Gasteiger partial charge is 0.477 e. The lowest BCUT2D eigenvalue weighted by atomic mass is 10.9. The summed E-state index contributed by atoms with van der Waals surface area (Å²) in [7, 11) is 0. The van der Waals surface area contributed by atoms with Crippen LogP contribution in [-0.2, 0) is 14.6 Å². The maximum atomic E-state index is 10.8. The van der Waals surface area contributed by atoms with Crippen molar-refractivity contribution >= 4 is 6.09 Å². The highest BCUT2D eigenvalue weighted by Crippen LogP contribution is 1.93. The van der Waals surface area contributed by atoms with Crippen LogP contribution >= 0.6 is 0 Å². The first kappa shape index (κ1) is 10.8. The van der Waals surface area contributed by atoms with Gasteiger partial charge in [0.25, 0.3) is 0 Å². The van der Waals surface area contributed by atoms with Gasteiger partial charge in [0.2, 0.25) is 0 Å². The van der Waals surface area contributed by atoms with Gasteiger partial charge in [-0.25, -0.2) is 4.79 Å². The fourth-order valence-corrected chi connectivity index (χ4v) is 0.415. The third kappa shape index (κ3) is 3.81. The van der Waals surface area contributed by atoms with Crippen molar-refractivity contribution in [2.75, 3.05) is 13.2 Å². The highest BCUT2D eigenvalue weighted by atomic mass is 17.2. The van der Waals surface area contributed by atoms with Crippen molar-refractivity contribution in [2.24, 2.45) is 0 Å². The zero-order chi connectivity index (χ0) is 9.40. The fraction of sp³-hybridized carbons (Fsp3) is 0.571. The summed E-state index contributed by atoms with van der Waals surface area (Å²) in [6.07, 6.45) is 4.07. The molecule has 0 aliphatic carbocycles. The molecule has 0 radical (unpaired) electrons. The van der Waals surface area contributed by atoms with Gasteiger partial charge >= 0.3 is 6.09 Å². The molecule has 1 amide bonds. The zero-order valence-electron chi connectivity index (χ0n) is 7.07. The minimum absolute atomic E-state index is 0.260. The zero-order valence-corrected chi connectivity index (χ0v) is 7.07. The Kier molecular flexibility index (Phi) is 5.79. The van der Waals surface area contributed by atoms with E-state index in [4.69, 9.17) is 11.3 Å². The third-order valence-electron chi connectivity index (χ3n) is 0.789. The molecule has 0 heterocycles. The quantitative estimate of drug-likeness (QED) is 0.274. The molecule has 0 aliphatic rings. The van der Waals surface area contributed by atoms with E-state index in [-0.39, 0.29) is 13.2 Å². The average Bonchev–Trinajstić information content (AvgIpc) is 2.10. The van der Waals surface area contributed by atoms with E-state index >= 15 is 0 Å². The van der Waals surface area contributed by atoms with Gasteiger partial charge in [0.05, 0.1) is 13.2 Å². The van der Waals surface area contributed by atoms with Crippen molar-refractivity contribution in [2.45, 2.75) is 13.8 Å². The van der Waals surface area contributed by atoms with Crippen molar-refractivity contribution in [1.29, 1.82) is 0 Å². The van der Waals surface area contributed by atoms with Crippen LogP contribution < -0.4 is 0 Å². The van der Waals surface area contributed by atoms with Gasteiger partial charge in [0, 0.05) is 6.04 Å². The molecule has 0 spiro atoms. The van der Waals surface area contributed by atoms with Crippen molar-refractivity contribution in [3.63, 3.8) is 0 Å². The molecule has 0 unspecified atom stereocenters. The highest BCUT2D eigenvalue weighted by Gasteiger charge is 2.13. The molecule has 0 rings (SSSR count). The van der Waals surface area contributed by atoms with Gasteiger partial charge in [-0.3, -0.25) is 9.73 Å². The molecular weight excluding hydrogens is 162 g/mol. The van der Waals surface area contributed by atoms with Crippen molar-refractivity contribution in [1.82, 2.24) is 5.06 Å². The van der Waals surface area contributed by atoms with Gasteiger partial charge in [-0.15, -0.1) is 5.06 Å². The summed E-state index contributed by atoms with van der Waals surface area (Å²) in [6, 6.07) is 1.97. The van der Waals surface area contributed by atoms with Crippen LogP contribution in [0.1, 0.15) is 13.8 Å². The van der Waals surface area contributed by atoms with Gasteiger partial charge in [-0.05, 0) is 13.8 Å². The molecule has 0 aromatic carbocycles. The molecule has 0 N–H and O–H groups in total. The number of carbonyl (C=O) groups excluding carboxylic acids is 1. The lowest BCUT2D eigenvalue weighted by Crippen LogP contribution is -2.27. The Bertz CT molecular complexity index is 175. The van der Waals surface area contributed by atoms with Crippen molar-refractivity contribution < 1.29 is 19.4 Å². The van der Waals surface area contributed by atoms with Crippen LogP contribution in [0.25, 0.3) is 0 Å². The first-order valence-electron chi connectivity index (χ1n) is 3.48. The summed E-state index contributed by atoms with van der Waals surface area (Å²) in [4.78, 5) is 24.1. The Balaban J connectivity index is 3.79. The Morgan fingerprint density at radius 2 is 2.17 bits per heavy atom. The molecule has 0 aromatic rings. The molecule has 12 heavy (non-hydrogen) atoms. The monoisotopic (exact) mass is 173 g/mol. The van der Waals surface area contributed by atoms with E-state index in [1.165, 1.54) is 0 Å². The Hall–Kier alpha value is -1.25. The second kappa shape index (κ2) is 6.46. The van der Waals surface area contributed by atoms with Crippen LogP contribution in [-0.4, -0.2) is 24.4 Å². The number of hydrogen-bond acceptors (Lipinski definition) is 4. The van der Waals surface area contributed by atoms with Gasteiger partial charge in [-0.2, -0.15) is 4.89 Å². The minimum atomic E-state index is -0.860. The van der Waals surface area contributed by atoms with E-state index in [0.717, 1.165) is 0 Å². The minimum Gasteiger partial charge on any atom is -0.273 e. The molecule has 5 heteroatoms. The maximum Gasteiger partial charge on any atom is 0.477 e. The van der Waals surface area contributed by atoms with Crippen LogP contribution in [0.3, 0.4) is 0 Å². The number of hydrogen-bond donors (Lipinski definition) is 0. The van der Waals surface area contributed by atoms with Gasteiger partial charge < -0.3 is 0 Å². The molecule has 0 atom stereocenters. The lowest BCUT2D eigenvalue weighted by Gasteiger charge is -2.11. The number of terminal acetylenes is 1. The summed E-state index contributed by atoms with van der Waals surface area (Å²) in [5.74, 6) is 0. The van der Waals surface area contributed by atoms with Crippen molar-refractivity contribution in [3.8, 4) is 12.5 Å². The predicted molar refractivity (Wildman–Crippen MR) is 40.4 cm³/mol. The van der Waals surface area contributed by atoms with Crippen molar-refractivity contribution in [3.05, 3.63) is 0 Å². The normalized spacial score (nSPS) is 8.75. The summed E-state index contributed by atoms with van der Waals surface area (Å²) in [5, 5.41) is 0.621.